The highest BCUT2D eigenvalue weighted by atomic mass is 16.7. The van der Waals surface area contributed by atoms with Crippen molar-refractivity contribution in [2.45, 2.75) is 13.3 Å². The van der Waals surface area contributed by atoms with Gasteiger partial charge in [0.05, 0.1) is 16.8 Å². The van der Waals surface area contributed by atoms with Gasteiger partial charge in [-0.2, -0.15) is 15.6 Å². The number of benzene rings is 2. The zero-order valence-corrected chi connectivity index (χ0v) is 18.2. The van der Waals surface area contributed by atoms with Gasteiger partial charge in [0.15, 0.2) is 0 Å². The van der Waals surface area contributed by atoms with Crippen molar-refractivity contribution in [2.24, 2.45) is 10.2 Å². The Morgan fingerprint density at radius 3 is 2.52 bits per heavy atom. The van der Waals surface area contributed by atoms with Crippen LogP contribution >= 0.6 is 0 Å². The van der Waals surface area contributed by atoms with E-state index in [0.29, 0.717) is 5.69 Å². The third-order valence-corrected chi connectivity index (χ3v) is 4.90. The zero-order chi connectivity index (χ0) is 23.8. The Morgan fingerprint density at radius 2 is 1.88 bits per heavy atom. The Bertz CT molecular complexity index is 1240. The standard InChI is InChI=1S/C25H21N5O3/c1-17-11-21(30(2)16-18-7-5-3-4-6-8-18)9-10-23(17)28-29-24-19(14-26)12-22(33-25(31)32)13-20(24)15-27/h3-5,7-13H,6,16H2,1-2H3,(H,31,32). The summed E-state index contributed by atoms with van der Waals surface area (Å²) in [6.07, 6.45) is 9.84. The normalized spacial score (nSPS) is 12.5. The van der Waals surface area contributed by atoms with Gasteiger partial charge in [-0.15, -0.1) is 5.11 Å². The van der Waals surface area contributed by atoms with Crippen molar-refractivity contribution in [3.63, 3.8) is 0 Å². The van der Waals surface area contributed by atoms with E-state index in [4.69, 9.17) is 5.11 Å². The molecule has 0 bridgehead atoms. The lowest BCUT2D eigenvalue weighted by Crippen LogP contribution is -2.19. The molecule has 0 aromatic heterocycles. The van der Waals surface area contributed by atoms with Gasteiger partial charge < -0.3 is 14.7 Å². The summed E-state index contributed by atoms with van der Waals surface area (Å²) in [5.74, 6) is -0.132. The van der Waals surface area contributed by atoms with Crippen LogP contribution in [0.15, 0.2) is 76.5 Å². The molecule has 0 radical (unpaired) electrons. The number of allylic oxidation sites excluding steroid dienone is 4. The lowest BCUT2D eigenvalue weighted by atomic mass is 10.1. The van der Waals surface area contributed by atoms with Gasteiger partial charge in [0.1, 0.15) is 23.6 Å². The van der Waals surface area contributed by atoms with Crippen molar-refractivity contribution in [3.05, 3.63) is 83.0 Å². The van der Waals surface area contributed by atoms with E-state index in [9.17, 15) is 15.3 Å². The van der Waals surface area contributed by atoms with Crippen LogP contribution in [0.3, 0.4) is 0 Å². The highest BCUT2D eigenvalue weighted by Gasteiger charge is 2.14. The molecular formula is C25H21N5O3. The molecule has 1 aliphatic rings. The maximum Gasteiger partial charge on any atom is 0.511 e. The SMILES string of the molecule is Cc1cc(N(C)CC2=CCC=CC=C2)ccc1N=Nc1c(C#N)cc(OC(=O)O)cc1C#N. The number of carbonyl (C=O) groups is 1. The van der Waals surface area contributed by atoms with Gasteiger partial charge in [-0.3, -0.25) is 0 Å². The summed E-state index contributed by atoms with van der Waals surface area (Å²) >= 11 is 0. The number of anilines is 1. The van der Waals surface area contributed by atoms with E-state index in [1.165, 1.54) is 17.7 Å². The molecule has 0 aliphatic heterocycles. The van der Waals surface area contributed by atoms with Gasteiger partial charge in [0.25, 0.3) is 0 Å². The molecule has 0 heterocycles. The molecule has 1 aliphatic carbocycles. The largest absolute Gasteiger partial charge is 0.511 e. The second kappa shape index (κ2) is 10.6. The van der Waals surface area contributed by atoms with Crippen LogP contribution in [0.2, 0.25) is 0 Å². The van der Waals surface area contributed by atoms with Crippen LogP contribution in [-0.2, 0) is 0 Å². The lowest BCUT2D eigenvalue weighted by molar-refractivity contribution is 0.144. The number of likely N-dealkylation sites (N-methyl/N-ethyl adjacent to an activating group) is 1. The summed E-state index contributed by atoms with van der Waals surface area (Å²) in [6.45, 7) is 2.67. The molecule has 0 amide bonds. The van der Waals surface area contributed by atoms with Crippen molar-refractivity contribution in [2.75, 3.05) is 18.5 Å². The average molecular weight is 439 g/mol. The summed E-state index contributed by atoms with van der Waals surface area (Å²) in [5.41, 5.74) is 3.74. The number of nitriles is 2. The first kappa shape index (κ1) is 23.0. The van der Waals surface area contributed by atoms with Crippen LogP contribution in [-0.4, -0.2) is 24.9 Å². The van der Waals surface area contributed by atoms with Crippen LogP contribution in [0.25, 0.3) is 0 Å². The fraction of sp³-hybridized carbons (Fsp3) is 0.160. The molecule has 0 unspecified atom stereocenters. The van der Waals surface area contributed by atoms with Crippen LogP contribution < -0.4 is 9.64 Å². The van der Waals surface area contributed by atoms with Crippen molar-refractivity contribution >= 4 is 23.2 Å². The van der Waals surface area contributed by atoms with Crippen molar-refractivity contribution in [1.82, 2.24) is 0 Å². The maximum atomic E-state index is 10.8. The van der Waals surface area contributed by atoms with E-state index in [2.05, 4.69) is 38.1 Å². The maximum absolute atomic E-state index is 10.8. The number of rotatable bonds is 6. The van der Waals surface area contributed by atoms with Crippen LogP contribution in [0.4, 0.5) is 21.9 Å². The van der Waals surface area contributed by atoms with E-state index in [1.54, 1.807) is 0 Å². The van der Waals surface area contributed by atoms with Gasteiger partial charge >= 0.3 is 6.16 Å². The number of carboxylic acid groups (broad SMARTS) is 1. The van der Waals surface area contributed by atoms with Crippen LogP contribution in [0.1, 0.15) is 23.1 Å². The number of hydrogen-bond donors (Lipinski definition) is 1. The molecule has 33 heavy (non-hydrogen) atoms. The third kappa shape index (κ3) is 5.93. The third-order valence-electron chi connectivity index (χ3n) is 4.90. The summed E-state index contributed by atoms with van der Waals surface area (Å²) in [6, 6.07) is 12.0. The number of aryl methyl sites for hydroxylation is 1. The van der Waals surface area contributed by atoms with E-state index < -0.39 is 6.16 Å². The Balaban J connectivity index is 1.83. The first-order valence-electron chi connectivity index (χ1n) is 10.1. The quantitative estimate of drug-likeness (QED) is 0.330. The number of azo groups is 1. The molecule has 3 rings (SSSR count). The Morgan fingerprint density at radius 1 is 1.15 bits per heavy atom. The zero-order valence-electron chi connectivity index (χ0n) is 18.2. The summed E-state index contributed by atoms with van der Waals surface area (Å²) in [5, 5.41) is 35.9. The van der Waals surface area contributed by atoms with Crippen LogP contribution in [0.5, 0.6) is 5.75 Å². The monoisotopic (exact) mass is 439 g/mol. The van der Waals surface area contributed by atoms with Crippen LogP contribution in [0, 0.1) is 29.6 Å². The highest BCUT2D eigenvalue weighted by molar-refractivity contribution is 5.69. The fourth-order valence-corrected chi connectivity index (χ4v) is 3.25. The van der Waals surface area contributed by atoms with Crippen molar-refractivity contribution < 1.29 is 14.6 Å². The minimum Gasteiger partial charge on any atom is -0.449 e. The topological polar surface area (TPSA) is 122 Å². The van der Waals surface area contributed by atoms with Gasteiger partial charge in [0, 0.05) is 31.4 Å². The predicted octanol–water partition coefficient (Wildman–Crippen LogP) is 6.09. The molecule has 8 heteroatoms. The molecule has 0 spiro atoms. The van der Waals surface area contributed by atoms with E-state index in [1.807, 2.05) is 56.5 Å². The fourth-order valence-electron chi connectivity index (χ4n) is 3.25. The second-order valence-electron chi connectivity index (χ2n) is 7.29. The first-order chi connectivity index (χ1) is 15.9. The van der Waals surface area contributed by atoms with E-state index in [0.717, 1.165) is 24.2 Å². The van der Waals surface area contributed by atoms with Crippen molar-refractivity contribution in [1.29, 1.82) is 10.5 Å². The summed E-state index contributed by atoms with van der Waals surface area (Å²) < 4.78 is 4.56. The summed E-state index contributed by atoms with van der Waals surface area (Å²) in [7, 11) is 2.02. The van der Waals surface area contributed by atoms with Crippen molar-refractivity contribution in [3.8, 4) is 17.9 Å². The smallest absolute Gasteiger partial charge is 0.449 e. The number of ether oxygens (including phenoxy) is 1. The minimum atomic E-state index is -1.54. The Kier molecular flexibility index (Phi) is 7.35. The molecule has 2 aromatic rings. The molecule has 2 aromatic carbocycles. The first-order valence-corrected chi connectivity index (χ1v) is 10.1. The molecule has 0 atom stereocenters. The summed E-state index contributed by atoms with van der Waals surface area (Å²) in [4.78, 5) is 12.9. The molecular weight excluding hydrogens is 418 g/mol. The van der Waals surface area contributed by atoms with Gasteiger partial charge in [-0.05, 0) is 42.7 Å². The minimum absolute atomic E-state index is 0.0118. The van der Waals surface area contributed by atoms with E-state index >= 15 is 0 Å². The molecule has 8 nitrogen and oxygen atoms in total. The molecule has 0 saturated carbocycles. The molecule has 0 saturated heterocycles. The second-order valence-corrected chi connectivity index (χ2v) is 7.29. The Labute approximate surface area is 191 Å². The molecule has 164 valence electrons. The Hall–Kier alpha value is -4.69. The predicted molar refractivity (Wildman–Crippen MR) is 124 cm³/mol. The number of hydrogen-bond acceptors (Lipinski definition) is 7. The van der Waals surface area contributed by atoms with Gasteiger partial charge in [-0.1, -0.05) is 30.4 Å². The average Bonchev–Trinajstić information content (AvgIpc) is 3.06. The number of nitrogens with zero attached hydrogens (tertiary/aromatic N) is 5. The molecule has 1 N–H and O–H groups in total. The van der Waals surface area contributed by atoms with Gasteiger partial charge in [0.2, 0.25) is 0 Å². The lowest BCUT2D eigenvalue weighted by Gasteiger charge is -2.20. The van der Waals surface area contributed by atoms with Gasteiger partial charge in [-0.25, -0.2) is 4.79 Å². The van der Waals surface area contributed by atoms with E-state index in [-0.39, 0.29) is 22.6 Å². The highest BCUT2D eigenvalue weighted by Crippen LogP contribution is 2.32. The molecule has 0 fully saturated rings.